The maximum absolute atomic E-state index is 12.7. The van der Waals surface area contributed by atoms with E-state index < -0.39 is 46.8 Å². The van der Waals surface area contributed by atoms with E-state index in [0.29, 0.717) is 6.42 Å². The number of ketones is 1. The average molecular weight is 392 g/mol. The van der Waals surface area contributed by atoms with E-state index in [-0.39, 0.29) is 36.1 Å². The SMILES string of the molecule is CC1=CC(=O)[C@@H](O)[C@@]2(C)[C@@H]1C[C@H]1OC(=O)[C@H](C)[C@H]3[C@H](C)[C@H](O)[C@@]4(O)OC[C@@]31[C@@H]42. The number of hydrogen-bond acceptors (Lipinski definition) is 7. The molecule has 154 valence electrons. The summed E-state index contributed by atoms with van der Waals surface area (Å²) in [6, 6.07) is 0. The molecule has 7 heteroatoms. The number of esters is 1. The zero-order chi connectivity index (χ0) is 20.4. The first-order valence-electron chi connectivity index (χ1n) is 10.2. The second-order valence-electron chi connectivity index (χ2n) is 9.98. The molecule has 1 spiro atoms. The normalized spacial score (nSPS) is 59.9. The van der Waals surface area contributed by atoms with Crippen molar-refractivity contribution in [3.05, 3.63) is 11.6 Å². The topological polar surface area (TPSA) is 113 Å². The molecule has 5 aliphatic rings. The van der Waals surface area contributed by atoms with Gasteiger partial charge in [-0.15, -0.1) is 0 Å². The first-order chi connectivity index (χ1) is 13.0. The molecule has 2 saturated heterocycles. The Morgan fingerprint density at radius 2 is 1.89 bits per heavy atom. The van der Waals surface area contributed by atoms with Crippen LogP contribution in [0.15, 0.2) is 11.6 Å². The number of fused-ring (bicyclic) bond motifs is 1. The molecule has 0 aromatic carbocycles. The fourth-order valence-electron chi connectivity index (χ4n) is 8.01. The molecule has 7 nitrogen and oxygen atoms in total. The van der Waals surface area contributed by atoms with Gasteiger partial charge in [0, 0.05) is 16.7 Å². The van der Waals surface area contributed by atoms with Gasteiger partial charge >= 0.3 is 5.97 Å². The number of allylic oxidation sites excluding steroid dienone is 1. The van der Waals surface area contributed by atoms with Crippen molar-refractivity contribution in [2.75, 3.05) is 6.61 Å². The Kier molecular flexibility index (Phi) is 3.51. The molecular formula is C21H28O7. The monoisotopic (exact) mass is 392 g/mol. The van der Waals surface area contributed by atoms with Crippen LogP contribution in [0.4, 0.5) is 0 Å². The van der Waals surface area contributed by atoms with E-state index in [9.17, 15) is 24.9 Å². The summed E-state index contributed by atoms with van der Waals surface area (Å²) in [5, 5.41) is 33.7. The van der Waals surface area contributed by atoms with Crippen molar-refractivity contribution in [2.45, 2.75) is 58.2 Å². The van der Waals surface area contributed by atoms with Crippen LogP contribution in [0, 0.1) is 40.4 Å². The quantitative estimate of drug-likeness (QED) is 0.512. The van der Waals surface area contributed by atoms with E-state index in [1.54, 1.807) is 6.92 Å². The van der Waals surface area contributed by atoms with E-state index in [0.717, 1.165) is 5.57 Å². The van der Waals surface area contributed by atoms with Crippen LogP contribution in [-0.2, 0) is 19.1 Å². The van der Waals surface area contributed by atoms with Crippen LogP contribution in [0.1, 0.15) is 34.1 Å². The molecule has 2 saturated carbocycles. The predicted molar refractivity (Wildman–Crippen MR) is 95.5 cm³/mol. The van der Waals surface area contributed by atoms with Crippen molar-refractivity contribution < 1.29 is 34.4 Å². The van der Waals surface area contributed by atoms with Crippen LogP contribution in [0.25, 0.3) is 0 Å². The van der Waals surface area contributed by atoms with Gasteiger partial charge in [0.1, 0.15) is 18.3 Å². The molecule has 28 heavy (non-hydrogen) atoms. The largest absolute Gasteiger partial charge is 0.461 e. The third kappa shape index (κ3) is 1.73. The average Bonchev–Trinajstić information content (AvgIpc) is 2.92. The van der Waals surface area contributed by atoms with Crippen molar-refractivity contribution in [3.8, 4) is 0 Å². The summed E-state index contributed by atoms with van der Waals surface area (Å²) < 4.78 is 11.8. The Morgan fingerprint density at radius 1 is 1.21 bits per heavy atom. The highest BCUT2D eigenvalue weighted by molar-refractivity contribution is 5.96. The molecule has 2 bridgehead atoms. The molecule has 0 radical (unpaired) electrons. The van der Waals surface area contributed by atoms with Gasteiger partial charge in [0.15, 0.2) is 11.6 Å². The number of carbonyl (C=O) groups excluding carboxylic acids is 2. The number of rotatable bonds is 0. The van der Waals surface area contributed by atoms with Crippen molar-refractivity contribution in [3.63, 3.8) is 0 Å². The number of ether oxygens (including phenoxy) is 2. The highest BCUT2D eigenvalue weighted by atomic mass is 16.6. The summed E-state index contributed by atoms with van der Waals surface area (Å²) in [7, 11) is 0. The molecule has 11 atom stereocenters. The van der Waals surface area contributed by atoms with E-state index in [1.165, 1.54) is 6.08 Å². The van der Waals surface area contributed by atoms with E-state index in [4.69, 9.17) is 9.47 Å². The molecule has 0 aromatic heterocycles. The number of aliphatic hydroxyl groups excluding tert-OH is 2. The van der Waals surface area contributed by atoms with Gasteiger partial charge in [0.25, 0.3) is 0 Å². The molecule has 4 fully saturated rings. The van der Waals surface area contributed by atoms with Gasteiger partial charge in [-0.25, -0.2) is 0 Å². The van der Waals surface area contributed by atoms with Gasteiger partial charge in [-0.1, -0.05) is 26.3 Å². The number of hydrogen-bond donors (Lipinski definition) is 3. The highest BCUT2D eigenvalue weighted by Crippen LogP contribution is 2.74. The van der Waals surface area contributed by atoms with Crippen LogP contribution in [0.3, 0.4) is 0 Å². The fraction of sp³-hybridized carbons (Fsp3) is 0.810. The smallest absolute Gasteiger partial charge is 0.309 e. The van der Waals surface area contributed by atoms with E-state index in [2.05, 4.69) is 0 Å². The lowest BCUT2D eigenvalue weighted by Gasteiger charge is -2.68. The third-order valence-electron chi connectivity index (χ3n) is 8.98. The van der Waals surface area contributed by atoms with Crippen LogP contribution in [0.2, 0.25) is 0 Å². The van der Waals surface area contributed by atoms with Crippen molar-refractivity contribution >= 4 is 11.8 Å². The Bertz CT molecular complexity index is 807. The Labute approximate surface area is 163 Å². The Hall–Kier alpha value is -1.28. The van der Waals surface area contributed by atoms with Crippen LogP contribution < -0.4 is 0 Å². The third-order valence-corrected chi connectivity index (χ3v) is 8.98. The number of carbonyl (C=O) groups is 2. The Morgan fingerprint density at radius 3 is 2.57 bits per heavy atom. The maximum Gasteiger partial charge on any atom is 0.309 e. The van der Waals surface area contributed by atoms with Crippen molar-refractivity contribution in [2.24, 2.45) is 40.4 Å². The lowest BCUT2D eigenvalue weighted by atomic mass is 9.37. The van der Waals surface area contributed by atoms with Gasteiger partial charge in [0.2, 0.25) is 0 Å². The molecular weight excluding hydrogens is 364 g/mol. The lowest BCUT2D eigenvalue weighted by Crippen LogP contribution is -2.76. The number of aliphatic hydroxyl groups is 3. The molecule has 0 aromatic rings. The standard InChI is InChI=1S/C21H28O7/c1-8-5-12(22)16(24)19(4)11(8)6-13-20-7-27-21(26,18(19)20)15(23)9(2)14(20)10(3)17(25)28-13/h5,9-11,13-16,18,23-24,26H,6-7H2,1-4H3/t9-,10+,11+,13+,14+,15-,16+,18-,19+,20-,21+/m0/s1. The van der Waals surface area contributed by atoms with E-state index >= 15 is 0 Å². The summed E-state index contributed by atoms with van der Waals surface area (Å²) in [4.78, 5) is 25.3. The van der Waals surface area contributed by atoms with Crippen molar-refractivity contribution in [1.82, 2.24) is 0 Å². The Balaban J connectivity index is 1.79. The zero-order valence-corrected chi connectivity index (χ0v) is 16.6. The molecule has 5 rings (SSSR count). The summed E-state index contributed by atoms with van der Waals surface area (Å²) in [5.74, 6) is -4.71. The van der Waals surface area contributed by atoms with Gasteiger partial charge in [0.05, 0.1) is 12.5 Å². The van der Waals surface area contributed by atoms with Crippen LogP contribution in [0.5, 0.6) is 0 Å². The molecule has 0 amide bonds. The molecule has 2 aliphatic heterocycles. The fourth-order valence-corrected chi connectivity index (χ4v) is 8.01. The molecule has 3 N–H and O–H groups in total. The van der Waals surface area contributed by atoms with Crippen LogP contribution in [-0.4, -0.2) is 57.8 Å². The molecule has 2 heterocycles. The molecule has 3 aliphatic carbocycles. The predicted octanol–water partition coefficient (Wildman–Crippen LogP) is 0.412. The second kappa shape index (κ2) is 5.25. The highest BCUT2D eigenvalue weighted by Gasteiger charge is 2.82. The van der Waals surface area contributed by atoms with Gasteiger partial charge in [-0.3, -0.25) is 9.59 Å². The van der Waals surface area contributed by atoms with E-state index in [1.807, 2.05) is 20.8 Å². The van der Waals surface area contributed by atoms with Gasteiger partial charge < -0.3 is 24.8 Å². The summed E-state index contributed by atoms with van der Waals surface area (Å²) in [6.07, 6.45) is -1.11. The summed E-state index contributed by atoms with van der Waals surface area (Å²) in [5.41, 5.74) is -0.972. The lowest BCUT2D eigenvalue weighted by molar-refractivity contribution is -0.336. The minimum Gasteiger partial charge on any atom is -0.461 e. The maximum atomic E-state index is 12.7. The van der Waals surface area contributed by atoms with Gasteiger partial charge in [-0.2, -0.15) is 0 Å². The first-order valence-corrected chi connectivity index (χ1v) is 10.2. The minimum absolute atomic E-state index is 0.133. The molecule has 0 unspecified atom stereocenters. The summed E-state index contributed by atoms with van der Waals surface area (Å²) >= 11 is 0. The zero-order valence-electron chi connectivity index (χ0n) is 16.6. The summed E-state index contributed by atoms with van der Waals surface area (Å²) in [6.45, 7) is 7.42. The van der Waals surface area contributed by atoms with Crippen molar-refractivity contribution in [1.29, 1.82) is 0 Å². The first kappa shape index (κ1) is 18.7. The van der Waals surface area contributed by atoms with Gasteiger partial charge in [-0.05, 0) is 37.2 Å². The second-order valence-corrected chi connectivity index (χ2v) is 9.98. The van der Waals surface area contributed by atoms with Crippen LogP contribution >= 0.6 is 0 Å². The minimum atomic E-state index is -1.90.